The maximum absolute atomic E-state index is 6.71. The highest BCUT2D eigenvalue weighted by molar-refractivity contribution is 7.26. The summed E-state index contributed by atoms with van der Waals surface area (Å²) in [6, 6.07) is 63.8. The molecule has 0 aliphatic carbocycles. The summed E-state index contributed by atoms with van der Waals surface area (Å²) in [6.07, 6.45) is 0. The molecule has 0 radical (unpaired) electrons. The lowest BCUT2D eigenvalue weighted by Gasteiger charge is -2.09. The first-order valence-electron chi connectivity index (χ1n) is 19.0. The number of benzene rings is 8. The van der Waals surface area contributed by atoms with Crippen LogP contribution in [0.2, 0.25) is 0 Å². The summed E-state index contributed by atoms with van der Waals surface area (Å²) in [5, 5.41) is 6.95. The lowest BCUT2D eigenvalue weighted by atomic mass is 10.00. The Bertz CT molecular complexity index is 3530. The summed E-state index contributed by atoms with van der Waals surface area (Å²) >= 11 is 1.77. The fourth-order valence-electron chi connectivity index (χ4n) is 8.42. The molecule has 57 heavy (non-hydrogen) atoms. The number of furan rings is 1. The van der Waals surface area contributed by atoms with Crippen molar-refractivity contribution in [1.82, 2.24) is 19.5 Å². The molecule has 0 fully saturated rings. The van der Waals surface area contributed by atoms with Crippen LogP contribution in [-0.2, 0) is 0 Å². The Kier molecular flexibility index (Phi) is 7.03. The van der Waals surface area contributed by atoms with Crippen molar-refractivity contribution in [3.8, 4) is 51.0 Å². The molecule has 0 atom stereocenters. The van der Waals surface area contributed by atoms with E-state index >= 15 is 0 Å². The number of rotatable bonds is 5. The summed E-state index contributed by atoms with van der Waals surface area (Å²) < 4.78 is 11.5. The van der Waals surface area contributed by atoms with Crippen molar-refractivity contribution < 1.29 is 4.42 Å². The standard InChI is InChI=1S/C51H30N4OS/c1-3-13-31(14-4-1)49-52-50(54-51(53-49)40-22-12-20-38-36-18-8-10-24-46(36)57-48(38)40)39-21-11-19-37-42-30-33(26-28-45(42)56-47(37)39)32-25-27-44-41(29-32)35-17-7-9-23-43(35)55(44)34-15-5-2-6-16-34/h1-30H. The number of fused-ring (bicyclic) bond motifs is 9. The third-order valence-corrected chi connectivity index (χ3v) is 12.3. The molecule has 0 amide bonds. The molecule has 6 heteroatoms. The third-order valence-electron chi connectivity index (χ3n) is 11.1. The Morgan fingerprint density at radius 3 is 1.86 bits per heavy atom. The quantitative estimate of drug-likeness (QED) is 0.176. The Morgan fingerprint density at radius 1 is 0.404 bits per heavy atom. The van der Waals surface area contributed by atoms with E-state index in [0.717, 1.165) is 60.1 Å². The normalized spacial score (nSPS) is 11.9. The van der Waals surface area contributed by atoms with Crippen LogP contribution in [0.4, 0.5) is 0 Å². The van der Waals surface area contributed by atoms with Gasteiger partial charge in [0.15, 0.2) is 17.5 Å². The van der Waals surface area contributed by atoms with Gasteiger partial charge in [-0.15, -0.1) is 11.3 Å². The summed E-state index contributed by atoms with van der Waals surface area (Å²) in [4.78, 5) is 15.4. The van der Waals surface area contributed by atoms with E-state index in [1.165, 1.54) is 37.3 Å². The minimum absolute atomic E-state index is 0.571. The average Bonchev–Trinajstić information content (AvgIpc) is 3.96. The van der Waals surface area contributed by atoms with Crippen molar-refractivity contribution in [3.63, 3.8) is 0 Å². The van der Waals surface area contributed by atoms with Gasteiger partial charge < -0.3 is 8.98 Å². The second-order valence-electron chi connectivity index (χ2n) is 14.4. The van der Waals surface area contributed by atoms with Crippen LogP contribution in [-0.4, -0.2) is 19.5 Å². The maximum Gasteiger partial charge on any atom is 0.167 e. The Labute approximate surface area is 330 Å². The minimum atomic E-state index is 0.571. The van der Waals surface area contributed by atoms with Gasteiger partial charge in [0.1, 0.15) is 11.2 Å². The van der Waals surface area contributed by atoms with Gasteiger partial charge in [-0.05, 0) is 71.8 Å². The van der Waals surface area contributed by atoms with E-state index < -0.39 is 0 Å². The molecule has 8 aromatic carbocycles. The molecule has 0 aliphatic heterocycles. The van der Waals surface area contributed by atoms with Gasteiger partial charge in [0.05, 0.1) is 16.6 Å². The van der Waals surface area contributed by atoms with Gasteiger partial charge in [0.2, 0.25) is 0 Å². The van der Waals surface area contributed by atoms with E-state index in [-0.39, 0.29) is 0 Å². The van der Waals surface area contributed by atoms with Crippen molar-refractivity contribution >= 4 is 75.3 Å². The zero-order chi connectivity index (χ0) is 37.5. The fraction of sp³-hybridized carbons (Fsp3) is 0. The molecule has 0 saturated carbocycles. The van der Waals surface area contributed by atoms with Crippen molar-refractivity contribution in [1.29, 1.82) is 0 Å². The lowest BCUT2D eigenvalue weighted by molar-refractivity contribution is 0.669. The Balaban J connectivity index is 1.02. The first kappa shape index (κ1) is 31.9. The van der Waals surface area contributed by atoms with Crippen LogP contribution in [0.1, 0.15) is 0 Å². The van der Waals surface area contributed by atoms with Crippen molar-refractivity contribution in [2.75, 3.05) is 0 Å². The molecule has 0 aliphatic rings. The highest BCUT2D eigenvalue weighted by Crippen LogP contribution is 2.42. The highest BCUT2D eigenvalue weighted by Gasteiger charge is 2.20. The third kappa shape index (κ3) is 5.04. The Hall–Kier alpha value is -7.41. The second-order valence-corrected chi connectivity index (χ2v) is 15.4. The van der Waals surface area contributed by atoms with Gasteiger partial charge in [-0.1, -0.05) is 121 Å². The average molecular weight is 747 g/mol. The zero-order valence-electron chi connectivity index (χ0n) is 30.4. The number of aromatic nitrogens is 4. The van der Waals surface area contributed by atoms with Crippen LogP contribution in [0.5, 0.6) is 0 Å². The zero-order valence-corrected chi connectivity index (χ0v) is 31.2. The van der Waals surface area contributed by atoms with Gasteiger partial charge >= 0.3 is 0 Å². The Morgan fingerprint density at radius 2 is 1.02 bits per heavy atom. The number of thiophene rings is 1. The summed E-state index contributed by atoms with van der Waals surface area (Å²) in [7, 11) is 0. The van der Waals surface area contributed by atoms with Gasteiger partial charge in [-0.3, -0.25) is 0 Å². The molecular formula is C51H30N4OS. The fourth-order valence-corrected chi connectivity index (χ4v) is 9.63. The van der Waals surface area contributed by atoms with Crippen molar-refractivity contribution in [2.45, 2.75) is 0 Å². The van der Waals surface area contributed by atoms with Crippen molar-refractivity contribution in [3.05, 3.63) is 182 Å². The smallest absolute Gasteiger partial charge is 0.167 e. The molecule has 0 unspecified atom stereocenters. The summed E-state index contributed by atoms with van der Waals surface area (Å²) in [5.41, 5.74) is 10.1. The van der Waals surface area contributed by atoms with Gasteiger partial charge in [-0.2, -0.15) is 0 Å². The van der Waals surface area contributed by atoms with E-state index in [9.17, 15) is 0 Å². The summed E-state index contributed by atoms with van der Waals surface area (Å²) in [6.45, 7) is 0. The van der Waals surface area contributed by atoms with Crippen molar-refractivity contribution in [2.24, 2.45) is 0 Å². The van der Waals surface area contributed by atoms with Crippen LogP contribution in [0.15, 0.2) is 186 Å². The van der Waals surface area contributed by atoms with E-state index in [4.69, 9.17) is 19.4 Å². The van der Waals surface area contributed by atoms with Crippen LogP contribution in [0.3, 0.4) is 0 Å². The predicted molar refractivity (Wildman–Crippen MR) is 236 cm³/mol. The molecule has 5 nitrogen and oxygen atoms in total. The number of hydrogen-bond donors (Lipinski definition) is 0. The molecule has 0 spiro atoms. The van der Waals surface area contributed by atoms with E-state index in [1.807, 2.05) is 30.3 Å². The van der Waals surface area contributed by atoms with Crippen LogP contribution in [0, 0.1) is 0 Å². The predicted octanol–water partition coefficient (Wildman–Crippen LogP) is 13.9. The maximum atomic E-state index is 6.71. The number of hydrogen-bond acceptors (Lipinski definition) is 5. The van der Waals surface area contributed by atoms with Crippen LogP contribution >= 0.6 is 11.3 Å². The molecule has 0 bridgehead atoms. The monoisotopic (exact) mass is 746 g/mol. The second kappa shape index (κ2) is 12.6. The molecule has 0 N–H and O–H groups in total. The number of para-hydroxylation sites is 3. The molecular weight excluding hydrogens is 717 g/mol. The highest BCUT2D eigenvalue weighted by atomic mass is 32.1. The SMILES string of the molecule is c1ccc(-c2nc(-c3cccc4c3oc3ccc(-c5ccc6c(c5)c5ccccc5n6-c5ccccc5)cc34)nc(-c3cccc4c3sc3ccccc34)n2)cc1. The van der Waals surface area contributed by atoms with Crippen LogP contribution < -0.4 is 0 Å². The van der Waals surface area contributed by atoms with E-state index in [2.05, 4.69) is 156 Å². The van der Waals surface area contributed by atoms with E-state index in [0.29, 0.717) is 17.5 Å². The molecule has 4 aromatic heterocycles. The molecule has 0 saturated heterocycles. The van der Waals surface area contributed by atoms with Gasteiger partial charge in [0, 0.05) is 58.5 Å². The van der Waals surface area contributed by atoms with Gasteiger partial charge in [0.25, 0.3) is 0 Å². The lowest BCUT2D eigenvalue weighted by Crippen LogP contribution is -2.00. The number of nitrogens with zero attached hydrogens (tertiary/aromatic N) is 4. The minimum Gasteiger partial charge on any atom is -0.455 e. The summed E-state index contributed by atoms with van der Waals surface area (Å²) in [5.74, 6) is 1.82. The topological polar surface area (TPSA) is 56.7 Å². The molecule has 266 valence electrons. The van der Waals surface area contributed by atoms with Gasteiger partial charge in [-0.25, -0.2) is 15.0 Å². The molecule has 12 aromatic rings. The van der Waals surface area contributed by atoms with E-state index in [1.54, 1.807) is 11.3 Å². The largest absolute Gasteiger partial charge is 0.455 e. The first-order valence-corrected chi connectivity index (χ1v) is 19.8. The van der Waals surface area contributed by atoms with Crippen LogP contribution in [0.25, 0.3) is 115 Å². The molecule has 12 rings (SSSR count). The first-order chi connectivity index (χ1) is 28.2. The molecule has 4 heterocycles.